The van der Waals surface area contributed by atoms with Crippen molar-refractivity contribution < 1.29 is 9.21 Å². The molecule has 1 amide bonds. The van der Waals surface area contributed by atoms with Gasteiger partial charge in [0.15, 0.2) is 5.13 Å². The van der Waals surface area contributed by atoms with Gasteiger partial charge in [-0.3, -0.25) is 4.79 Å². The number of anilines is 1. The molecule has 7 heteroatoms. The van der Waals surface area contributed by atoms with E-state index in [0.717, 1.165) is 35.1 Å². The molecule has 0 saturated carbocycles. The summed E-state index contributed by atoms with van der Waals surface area (Å²) in [5.74, 6) is 2.71. The smallest absolute Gasteiger partial charge is 0.226 e. The SMILES string of the molecule is CCc1cnc(CSc2cnc(NC(=O)CC3Cc4ccccc4C3)s2)o1. The van der Waals surface area contributed by atoms with Crippen LogP contribution in [-0.4, -0.2) is 15.9 Å². The highest BCUT2D eigenvalue weighted by Gasteiger charge is 2.23. The fourth-order valence-electron chi connectivity index (χ4n) is 3.32. The second-order valence-corrected chi connectivity index (χ2v) is 8.95. The molecule has 0 spiro atoms. The maximum Gasteiger partial charge on any atom is 0.226 e. The summed E-state index contributed by atoms with van der Waals surface area (Å²) in [5.41, 5.74) is 2.75. The molecule has 0 saturated heterocycles. The fourth-order valence-corrected chi connectivity index (χ4v) is 5.06. The lowest BCUT2D eigenvalue weighted by Crippen LogP contribution is -2.16. The Kier molecular flexibility index (Phi) is 5.59. The van der Waals surface area contributed by atoms with E-state index in [4.69, 9.17) is 4.42 Å². The van der Waals surface area contributed by atoms with Crippen molar-refractivity contribution in [1.82, 2.24) is 9.97 Å². The number of carbonyl (C=O) groups excluding carboxylic acids is 1. The predicted molar refractivity (Wildman–Crippen MR) is 108 cm³/mol. The third-order valence-corrected chi connectivity index (χ3v) is 6.72. The molecule has 2 heterocycles. The van der Waals surface area contributed by atoms with Crippen molar-refractivity contribution in [2.45, 2.75) is 42.6 Å². The van der Waals surface area contributed by atoms with Crippen LogP contribution in [0.3, 0.4) is 0 Å². The molecule has 0 aliphatic heterocycles. The molecule has 27 heavy (non-hydrogen) atoms. The van der Waals surface area contributed by atoms with E-state index in [0.29, 0.717) is 23.2 Å². The zero-order valence-corrected chi connectivity index (χ0v) is 16.7. The summed E-state index contributed by atoms with van der Waals surface area (Å²) in [6, 6.07) is 8.46. The van der Waals surface area contributed by atoms with Crippen LogP contribution < -0.4 is 5.32 Å². The van der Waals surface area contributed by atoms with Crippen LogP contribution in [0.1, 0.15) is 36.1 Å². The molecule has 140 valence electrons. The van der Waals surface area contributed by atoms with E-state index in [1.807, 2.05) is 6.92 Å². The molecule has 3 aromatic rings. The van der Waals surface area contributed by atoms with Crippen molar-refractivity contribution in [3.63, 3.8) is 0 Å². The Labute approximate surface area is 166 Å². The lowest BCUT2D eigenvalue weighted by molar-refractivity contribution is -0.117. The fraction of sp³-hybridized carbons (Fsp3) is 0.350. The van der Waals surface area contributed by atoms with E-state index in [1.165, 1.54) is 22.5 Å². The summed E-state index contributed by atoms with van der Waals surface area (Å²) in [7, 11) is 0. The van der Waals surface area contributed by atoms with Gasteiger partial charge in [0.1, 0.15) is 5.76 Å². The molecule has 1 aliphatic carbocycles. The van der Waals surface area contributed by atoms with Gasteiger partial charge in [-0.1, -0.05) is 42.5 Å². The number of oxazole rings is 1. The van der Waals surface area contributed by atoms with Gasteiger partial charge in [-0.05, 0) is 29.9 Å². The van der Waals surface area contributed by atoms with Gasteiger partial charge in [0.2, 0.25) is 11.8 Å². The van der Waals surface area contributed by atoms with Gasteiger partial charge in [-0.25, -0.2) is 9.97 Å². The molecule has 4 rings (SSSR count). The molecule has 0 bridgehead atoms. The molecule has 1 aromatic carbocycles. The van der Waals surface area contributed by atoms with Gasteiger partial charge in [0.05, 0.1) is 22.4 Å². The van der Waals surface area contributed by atoms with Crippen LogP contribution in [0.5, 0.6) is 0 Å². The van der Waals surface area contributed by atoms with Crippen LogP contribution >= 0.6 is 23.1 Å². The number of rotatable bonds is 7. The number of thioether (sulfide) groups is 1. The average Bonchev–Trinajstić information content (AvgIpc) is 3.38. The van der Waals surface area contributed by atoms with E-state index < -0.39 is 0 Å². The zero-order chi connectivity index (χ0) is 18.6. The van der Waals surface area contributed by atoms with E-state index in [9.17, 15) is 4.79 Å². The number of thiazole rings is 1. The van der Waals surface area contributed by atoms with Crippen LogP contribution in [-0.2, 0) is 29.8 Å². The minimum Gasteiger partial charge on any atom is -0.445 e. The number of carbonyl (C=O) groups is 1. The average molecular weight is 400 g/mol. The van der Waals surface area contributed by atoms with E-state index in [1.54, 1.807) is 24.2 Å². The summed E-state index contributed by atoms with van der Waals surface area (Å²) < 4.78 is 6.65. The molecule has 0 atom stereocenters. The third kappa shape index (κ3) is 4.59. The van der Waals surface area contributed by atoms with Crippen LogP contribution in [0.25, 0.3) is 0 Å². The van der Waals surface area contributed by atoms with Gasteiger partial charge in [-0.2, -0.15) is 0 Å². The summed E-state index contributed by atoms with van der Waals surface area (Å²) >= 11 is 3.11. The molecular formula is C20H21N3O2S2. The van der Waals surface area contributed by atoms with Gasteiger partial charge >= 0.3 is 0 Å². The largest absolute Gasteiger partial charge is 0.445 e. The number of hydrogen-bond acceptors (Lipinski definition) is 6. The number of nitrogens with zero attached hydrogens (tertiary/aromatic N) is 2. The monoisotopic (exact) mass is 399 g/mol. The number of hydrogen-bond donors (Lipinski definition) is 1. The molecular weight excluding hydrogens is 378 g/mol. The minimum absolute atomic E-state index is 0.0407. The minimum atomic E-state index is 0.0407. The Balaban J connectivity index is 1.26. The summed E-state index contributed by atoms with van der Waals surface area (Å²) in [6.45, 7) is 2.04. The molecule has 2 aromatic heterocycles. The first kappa shape index (κ1) is 18.3. The molecule has 0 fully saturated rings. The second-order valence-electron chi connectivity index (χ2n) is 6.64. The predicted octanol–water partition coefficient (Wildman–Crippen LogP) is 4.73. The van der Waals surface area contributed by atoms with Crippen LogP contribution in [0.15, 0.2) is 45.3 Å². The first-order valence-electron chi connectivity index (χ1n) is 9.08. The first-order chi connectivity index (χ1) is 13.2. The van der Waals surface area contributed by atoms with Gasteiger partial charge < -0.3 is 9.73 Å². The van der Waals surface area contributed by atoms with Crippen molar-refractivity contribution in [2.24, 2.45) is 5.92 Å². The maximum absolute atomic E-state index is 12.4. The number of benzene rings is 1. The Bertz CT molecular complexity index is 910. The third-order valence-electron chi connectivity index (χ3n) is 4.63. The summed E-state index contributed by atoms with van der Waals surface area (Å²) in [4.78, 5) is 20.9. The standard InChI is InChI=1S/C20H21N3O2S2/c1-2-16-10-21-18(25-16)12-26-19-11-22-20(27-19)23-17(24)9-13-7-14-5-3-4-6-15(14)8-13/h3-6,10-11,13H,2,7-9,12H2,1H3,(H,22,23,24). The highest BCUT2D eigenvalue weighted by atomic mass is 32.2. The Morgan fingerprint density at radius 1 is 1.26 bits per heavy atom. The second kappa shape index (κ2) is 8.27. The van der Waals surface area contributed by atoms with Crippen LogP contribution in [0.2, 0.25) is 0 Å². The Morgan fingerprint density at radius 3 is 2.74 bits per heavy atom. The van der Waals surface area contributed by atoms with Gasteiger partial charge in [0.25, 0.3) is 0 Å². The summed E-state index contributed by atoms with van der Waals surface area (Å²) in [5, 5.41) is 3.60. The van der Waals surface area contributed by atoms with E-state index in [2.05, 4.69) is 39.6 Å². The molecule has 1 aliphatic rings. The quantitative estimate of drug-likeness (QED) is 0.582. The zero-order valence-electron chi connectivity index (χ0n) is 15.1. The normalized spacial score (nSPS) is 13.7. The van der Waals surface area contributed by atoms with Crippen LogP contribution in [0.4, 0.5) is 5.13 Å². The number of aryl methyl sites for hydroxylation is 1. The summed E-state index contributed by atoms with van der Waals surface area (Å²) in [6.07, 6.45) is 6.92. The van der Waals surface area contributed by atoms with Crippen molar-refractivity contribution in [3.05, 3.63) is 59.4 Å². The first-order valence-corrected chi connectivity index (χ1v) is 10.9. The van der Waals surface area contributed by atoms with E-state index in [-0.39, 0.29) is 5.91 Å². The van der Waals surface area contributed by atoms with E-state index >= 15 is 0 Å². The molecule has 0 unspecified atom stereocenters. The number of fused-ring (bicyclic) bond motifs is 1. The highest BCUT2D eigenvalue weighted by Crippen LogP contribution is 2.32. The topological polar surface area (TPSA) is 68.0 Å². The number of aromatic nitrogens is 2. The van der Waals surface area contributed by atoms with Gasteiger partial charge in [0, 0.05) is 12.8 Å². The van der Waals surface area contributed by atoms with Crippen molar-refractivity contribution in [1.29, 1.82) is 0 Å². The highest BCUT2D eigenvalue weighted by molar-refractivity contribution is 8.00. The van der Waals surface area contributed by atoms with Gasteiger partial charge in [-0.15, -0.1) is 11.8 Å². The Morgan fingerprint density at radius 2 is 2.04 bits per heavy atom. The Hall–Kier alpha value is -2.12. The molecule has 1 N–H and O–H groups in total. The number of amides is 1. The number of nitrogens with one attached hydrogen (secondary N) is 1. The maximum atomic E-state index is 12.4. The molecule has 5 nitrogen and oxygen atoms in total. The van der Waals surface area contributed by atoms with Crippen molar-refractivity contribution in [2.75, 3.05) is 5.32 Å². The van der Waals surface area contributed by atoms with Crippen LogP contribution in [0, 0.1) is 5.92 Å². The molecule has 0 radical (unpaired) electrons. The van der Waals surface area contributed by atoms with Crippen molar-refractivity contribution in [3.8, 4) is 0 Å². The van der Waals surface area contributed by atoms with Crippen molar-refractivity contribution >= 4 is 34.1 Å². The lowest BCUT2D eigenvalue weighted by atomic mass is 10.0. The lowest BCUT2D eigenvalue weighted by Gasteiger charge is -2.07.